The van der Waals surface area contributed by atoms with Gasteiger partial charge in [0.05, 0.1) is 6.20 Å². The number of hydrogen-bond donors (Lipinski definition) is 1. The lowest BCUT2D eigenvalue weighted by molar-refractivity contribution is 0.430. The summed E-state index contributed by atoms with van der Waals surface area (Å²) in [5.41, 5.74) is 1.87. The normalized spacial score (nSPS) is 11.0. The van der Waals surface area contributed by atoms with Gasteiger partial charge in [-0.1, -0.05) is 25.1 Å². The van der Waals surface area contributed by atoms with E-state index >= 15 is 0 Å². The van der Waals surface area contributed by atoms with Crippen LogP contribution in [0.25, 0.3) is 11.5 Å². The van der Waals surface area contributed by atoms with Crippen LogP contribution >= 0.6 is 0 Å². The van der Waals surface area contributed by atoms with Gasteiger partial charge in [-0.15, -0.1) is 0 Å². The molecule has 0 saturated carbocycles. The number of nitrogens with zero attached hydrogens (tertiary/aromatic N) is 2. The molecule has 0 atom stereocenters. The summed E-state index contributed by atoms with van der Waals surface area (Å²) < 4.78 is 5.26. The number of pyridine rings is 1. The lowest BCUT2D eigenvalue weighted by atomic mass is 10.2. The van der Waals surface area contributed by atoms with Crippen molar-refractivity contribution in [3.63, 3.8) is 0 Å². The van der Waals surface area contributed by atoms with Gasteiger partial charge in [0.25, 0.3) is 0 Å². The SMILES string of the molecule is CC(C)CNCc1cnoc1-c1ccccn1. The molecule has 1 N–H and O–H groups in total. The Morgan fingerprint density at radius 3 is 2.94 bits per heavy atom. The molecule has 0 unspecified atom stereocenters. The molecule has 4 nitrogen and oxygen atoms in total. The van der Waals surface area contributed by atoms with E-state index in [9.17, 15) is 0 Å². The molecule has 2 rings (SSSR count). The molecular formula is C13H17N3O. The second-order valence-corrected chi connectivity index (χ2v) is 4.42. The maximum Gasteiger partial charge on any atom is 0.189 e. The van der Waals surface area contributed by atoms with Gasteiger partial charge in [0.15, 0.2) is 5.76 Å². The smallest absolute Gasteiger partial charge is 0.189 e. The largest absolute Gasteiger partial charge is 0.354 e. The molecule has 0 aliphatic heterocycles. The minimum absolute atomic E-state index is 0.633. The van der Waals surface area contributed by atoms with Crippen LogP contribution in [-0.2, 0) is 6.54 Å². The van der Waals surface area contributed by atoms with E-state index in [0.29, 0.717) is 5.92 Å². The molecule has 90 valence electrons. The van der Waals surface area contributed by atoms with Gasteiger partial charge in [-0.3, -0.25) is 4.98 Å². The average Bonchev–Trinajstić information content (AvgIpc) is 2.78. The molecule has 0 aliphatic rings. The third-order valence-electron chi connectivity index (χ3n) is 2.41. The van der Waals surface area contributed by atoms with E-state index < -0.39 is 0 Å². The zero-order valence-corrected chi connectivity index (χ0v) is 10.2. The van der Waals surface area contributed by atoms with Crippen molar-refractivity contribution in [2.45, 2.75) is 20.4 Å². The third-order valence-corrected chi connectivity index (χ3v) is 2.41. The first kappa shape index (κ1) is 11.8. The van der Waals surface area contributed by atoms with Gasteiger partial charge in [0, 0.05) is 18.3 Å². The third kappa shape index (κ3) is 3.14. The van der Waals surface area contributed by atoms with Crippen molar-refractivity contribution >= 4 is 0 Å². The highest BCUT2D eigenvalue weighted by Crippen LogP contribution is 2.20. The molecule has 17 heavy (non-hydrogen) atoms. The van der Waals surface area contributed by atoms with Crippen LogP contribution in [0.5, 0.6) is 0 Å². The first-order valence-corrected chi connectivity index (χ1v) is 5.83. The molecule has 0 aliphatic carbocycles. The van der Waals surface area contributed by atoms with Gasteiger partial charge >= 0.3 is 0 Å². The predicted octanol–water partition coefficient (Wildman–Crippen LogP) is 2.48. The second-order valence-electron chi connectivity index (χ2n) is 4.42. The summed E-state index contributed by atoms with van der Waals surface area (Å²) >= 11 is 0. The van der Waals surface area contributed by atoms with Gasteiger partial charge in [-0.2, -0.15) is 0 Å². The first-order valence-electron chi connectivity index (χ1n) is 5.83. The van der Waals surface area contributed by atoms with E-state index in [-0.39, 0.29) is 0 Å². The molecule has 0 fully saturated rings. The van der Waals surface area contributed by atoms with Crippen LogP contribution in [0.2, 0.25) is 0 Å². The summed E-state index contributed by atoms with van der Waals surface area (Å²) in [5, 5.41) is 7.21. The zero-order valence-electron chi connectivity index (χ0n) is 10.2. The maximum absolute atomic E-state index is 5.26. The Balaban J connectivity index is 2.07. The highest BCUT2D eigenvalue weighted by Gasteiger charge is 2.11. The van der Waals surface area contributed by atoms with Crippen molar-refractivity contribution < 1.29 is 4.52 Å². The van der Waals surface area contributed by atoms with Crippen LogP contribution in [0.1, 0.15) is 19.4 Å². The minimum Gasteiger partial charge on any atom is -0.354 e. The van der Waals surface area contributed by atoms with Crippen molar-refractivity contribution in [3.05, 3.63) is 36.2 Å². The highest BCUT2D eigenvalue weighted by atomic mass is 16.5. The molecule has 0 radical (unpaired) electrons. The molecule has 2 aromatic rings. The number of hydrogen-bond acceptors (Lipinski definition) is 4. The molecular weight excluding hydrogens is 214 g/mol. The predicted molar refractivity (Wildman–Crippen MR) is 66.3 cm³/mol. The van der Waals surface area contributed by atoms with Gasteiger partial charge in [0.2, 0.25) is 0 Å². The Labute approximate surface area is 101 Å². The molecule has 0 amide bonds. The van der Waals surface area contributed by atoms with E-state index in [1.807, 2.05) is 18.2 Å². The van der Waals surface area contributed by atoms with Crippen LogP contribution < -0.4 is 5.32 Å². The topological polar surface area (TPSA) is 51.0 Å². The molecule has 2 heterocycles. The lowest BCUT2D eigenvalue weighted by Crippen LogP contribution is -2.18. The van der Waals surface area contributed by atoms with Crippen LogP contribution in [0.15, 0.2) is 35.1 Å². The van der Waals surface area contributed by atoms with Crippen molar-refractivity contribution in [1.82, 2.24) is 15.5 Å². The fraction of sp³-hybridized carbons (Fsp3) is 0.385. The Morgan fingerprint density at radius 1 is 1.35 bits per heavy atom. The molecule has 4 heteroatoms. The lowest BCUT2D eigenvalue weighted by Gasteiger charge is -2.06. The Hall–Kier alpha value is -1.68. The Bertz CT molecular complexity index is 451. The molecule has 0 spiro atoms. The van der Waals surface area contributed by atoms with Gasteiger partial charge < -0.3 is 9.84 Å². The number of aromatic nitrogens is 2. The van der Waals surface area contributed by atoms with E-state index in [2.05, 4.69) is 29.3 Å². The highest BCUT2D eigenvalue weighted by molar-refractivity contribution is 5.55. The second kappa shape index (κ2) is 5.59. The van der Waals surface area contributed by atoms with Crippen LogP contribution in [-0.4, -0.2) is 16.7 Å². The summed E-state index contributed by atoms with van der Waals surface area (Å²) in [4.78, 5) is 4.26. The van der Waals surface area contributed by atoms with Crippen molar-refractivity contribution in [2.24, 2.45) is 5.92 Å². The summed E-state index contributed by atoms with van der Waals surface area (Å²) in [5.74, 6) is 1.38. The minimum atomic E-state index is 0.633. The van der Waals surface area contributed by atoms with Crippen LogP contribution in [0.3, 0.4) is 0 Å². The molecule has 0 aromatic carbocycles. The van der Waals surface area contributed by atoms with Crippen molar-refractivity contribution in [1.29, 1.82) is 0 Å². The van der Waals surface area contributed by atoms with Gasteiger partial charge in [-0.25, -0.2) is 0 Å². The quantitative estimate of drug-likeness (QED) is 0.859. The number of nitrogens with one attached hydrogen (secondary N) is 1. The summed E-state index contributed by atoms with van der Waals surface area (Å²) in [7, 11) is 0. The fourth-order valence-corrected chi connectivity index (χ4v) is 1.59. The van der Waals surface area contributed by atoms with E-state index in [1.165, 1.54) is 0 Å². The maximum atomic E-state index is 5.26. The van der Waals surface area contributed by atoms with Gasteiger partial charge in [0.1, 0.15) is 5.69 Å². The number of rotatable bonds is 5. The van der Waals surface area contributed by atoms with E-state index in [1.54, 1.807) is 12.4 Å². The Morgan fingerprint density at radius 2 is 2.24 bits per heavy atom. The van der Waals surface area contributed by atoms with Crippen LogP contribution in [0.4, 0.5) is 0 Å². The average molecular weight is 231 g/mol. The van der Waals surface area contributed by atoms with Crippen LogP contribution in [0, 0.1) is 5.92 Å². The monoisotopic (exact) mass is 231 g/mol. The summed E-state index contributed by atoms with van der Waals surface area (Å²) in [6.45, 7) is 6.10. The summed E-state index contributed by atoms with van der Waals surface area (Å²) in [6.07, 6.45) is 3.50. The molecule has 0 bridgehead atoms. The molecule has 2 aromatic heterocycles. The Kier molecular flexibility index (Phi) is 3.88. The first-order chi connectivity index (χ1) is 8.27. The standard InChI is InChI=1S/C13H17N3O/c1-10(2)7-14-8-11-9-16-17-13(11)12-5-3-4-6-15-12/h3-6,9-10,14H,7-8H2,1-2H3. The van der Waals surface area contributed by atoms with E-state index in [4.69, 9.17) is 4.52 Å². The zero-order chi connectivity index (χ0) is 12.1. The van der Waals surface area contributed by atoms with Gasteiger partial charge in [-0.05, 0) is 24.6 Å². The van der Waals surface area contributed by atoms with Crippen molar-refractivity contribution in [3.8, 4) is 11.5 Å². The fourth-order valence-electron chi connectivity index (χ4n) is 1.59. The van der Waals surface area contributed by atoms with Crippen molar-refractivity contribution in [2.75, 3.05) is 6.54 Å². The van der Waals surface area contributed by atoms with E-state index in [0.717, 1.165) is 30.1 Å². The molecule has 0 saturated heterocycles. The summed E-state index contributed by atoms with van der Waals surface area (Å²) in [6, 6.07) is 5.75.